The van der Waals surface area contributed by atoms with Crippen molar-refractivity contribution in [1.82, 2.24) is 0 Å². The molecule has 1 fully saturated rings. The normalized spacial score (nSPS) is 20.9. The van der Waals surface area contributed by atoms with Gasteiger partial charge in [-0.15, -0.1) is 0 Å². The highest BCUT2D eigenvalue weighted by atomic mass is 16.5. The fourth-order valence-corrected chi connectivity index (χ4v) is 2.09. The number of nitrogens with two attached hydrogens (primary N) is 1. The third-order valence-corrected chi connectivity index (χ3v) is 3.26. The standard InChI is InChI=1S/C14H21NO3/c1-16-13-4-2-12(3-5-13)14(8-15)18-10-11-6-7-17-9-11/h2-5,11,14H,6-10,15H2,1H3. The van der Waals surface area contributed by atoms with E-state index in [0.717, 1.165) is 30.9 Å². The van der Waals surface area contributed by atoms with Crippen molar-refractivity contribution in [2.45, 2.75) is 12.5 Å². The van der Waals surface area contributed by atoms with Gasteiger partial charge in [-0.2, -0.15) is 0 Å². The minimum atomic E-state index is -0.0449. The van der Waals surface area contributed by atoms with Crippen LogP contribution in [0.4, 0.5) is 0 Å². The van der Waals surface area contributed by atoms with Crippen LogP contribution in [0, 0.1) is 5.92 Å². The van der Waals surface area contributed by atoms with Gasteiger partial charge in [-0.05, 0) is 24.1 Å². The Kier molecular flexibility index (Phi) is 4.99. The lowest BCUT2D eigenvalue weighted by molar-refractivity contribution is 0.0302. The van der Waals surface area contributed by atoms with E-state index in [1.165, 1.54) is 0 Å². The second-order valence-corrected chi connectivity index (χ2v) is 4.56. The van der Waals surface area contributed by atoms with Gasteiger partial charge in [0.25, 0.3) is 0 Å². The van der Waals surface area contributed by atoms with E-state index >= 15 is 0 Å². The second kappa shape index (κ2) is 6.73. The number of rotatable bonds is 6. The van der Waals surface area contributed by atoms with E-state index in [1.54, 1.807) is 7.11 Å². The zero-order chi connectivity index (χ0) is 12.8. The highest BCUT2D eigenvalue weighted by Crippen LogP contribution is 2.22. The smallest absolute Gasteiger partial charge is 0.118 e. The summed E-state index contributed by atoms with van der Waals surface area (Å²) in [6, 6.07) is 7.86. The van der Waals surface area contributed by atoms with Gasteiger partial charge in [0.05, 0.1) is 26.4 Å². The van der Waals surface area contributed by atoms with Crippen molar-refractivity contribution in [2.75, 3.05) is 33.5 Å². The van der Waals surface area contributed by atoms with Crippen LogP contribution in [0.15, 0.2) is 24.3 Å². The lowest BCUT2D eigenvalue weighted by Crippen LogP contribution is -2.19. The lowest BCUT2D eigenvalue weighted by atomic mass is 10.1. The van der Waals surface area contributed by atoms with E-state index < -0.39 is 0 Å². The van der Waals surface area contributed by atoms with Crippen molar-refractivity contribution < 1.29 is 14.2 Å². The van der Waals surface area contributed by atoms with Crippen molar-refractivity contribution in [2.24, 2.45) is 11.7 Å². The molecule has 0 bridgehead atoms. The largest absolute Gasteiger partial charge is 0.497 e. The first-order valence-corrected chi connectivity index (χ1v) is 6.37. The Morgan fingerprint density at radius 2 is 2.17 bits per heavy atom. The van der Waals surface area contributed by atoms with E-state index in [-0.39, 0.29) is 6.10 Å². The van der Waals surface area contributed by atoms with E-state index in [9.17, 15) is 0 Å². The van der Waals surface area contributed by atoms with Crippen molar-refractivity contribution in [3.63, 3.8) is 0 Å². The maximum atomic E-state index is 5.89. The summed E-state index contributed by atoms with van der Waals surface area (Å²) < 4.78 is 16.4. The number of methoxy groups -OCH3 is 1. The Morgan fingerprint density at radius 1 is 1.39 bits per heavy atom. The van der Waals surface area contributed by atoms with Crippen LogP contribution in [-0.2, 0) is 9.47 Å². The number of hydrogen-bond acceptors (Lipinski definition) is 4. The van der Waals surface area contributed by atoms with Crippen LogP contribution in [0.25, 0.3) is 0 Å². The van der Waals surface area contributed by atoms with Gasteiger partial charge in [0.2, 0.25) is 0 Å². The topological polar surface area (TPSA) is 53.7 Å². The second-order valence-electron chi connectivity index (χ2n) is 4.56. The molecule has 0 aromatic heterocycles. The van der Waals surface area contributed by atoms with Gasteiger partial charge in [0, 0.05) is 19.1 Å². The first kappa shape index (κ1) is 13.3. The molecule has 0 amide bonds. The molecule has 1 aromatic carbocycles. The third-order valence-electron chi connectivity index (χ3n) is 3.26. The maximum Gasteiger partial charge on any atom is 0.118 e. The molecule has 1 aliphatic heterocycles. The predicted molar refractivity (Wildman–Crippen MR) is 69.7 cm³/mol. The molecule has 1 aliphatic rings. The van der Waals surface area contributed by atoms with Crippen LogP contribution in [0.2, 0.25) is 0 Å². The third kappa shape index (κ3) is 3.45. The zero-order valence-corrected chi connectivity index (χ0v) is 10.8. The van der Waals surface area contributed by atoms with Gasteiger partial charge in [-0.1, -0.05) is 12.1 Å². The molecular formula is C14H21NO3. The first-order valence-electron chi connectivity index (χ1n) is 6.37. The van der Waals surface area contributed by atoms with Crippen molar-refractivity contribution >= 4 is 0 Å². The summed E-state index contributed by atoms with van der Waals surface area (Å²) in [6.45, 7) is 2.86. The molecule has 1 heterocycles. The number of benzene rings is 1. The van der Waals surface area contributed by atoms with E-state index in [1.807, 2.05) is 24.3 Å². The monoisotopic (exact) mass is 251 g/mol. The Labute approximate surface area is 108 Å². The molecule has 2 rings (SSSR count). The van der Waals surface area contributed by atoms with Crippen LogP contribution < -0.4 is 10.5 Å². The van der Waals surface area contributed by atoms with Crippen LogP contribution in [-0.4, -0.2) is 33.5 Å². The fraction of sp³-hybridized carbons (Fsp3) is 0.571. The van der Waals surface area contributed by atoms with Crippen molar-refractivity contribution in [1.29, 1.82) is 0 Å². The molecule has 0 saturated carbocycles. The quantitative estimate of drug-likeness (QED) is 0.837. The number of hydrogen-bond donors (Lipinski definition) is 1. The molecule has 2 unspecified atom stereocenters. The minimum Gasteiger partial charge on any atom is -0.497 e. The molecular weight excluding hydrogens is 230 g/mol. The average Bonchev–Trinajstić information content (AvgIpc) is 2.93. The Balaban J connectivity index is 1.89. The summed E-state index contributed by atoms with van der Waals surface area (Å²) in [5, 5.41) is 0. The molecule has 0 spiro atoms. The van der Waals surface area contributed by atoms with E-state index in [4.69, 9.17) is 19.9 Å². The molecule has 1 aromatic rings. The maximum absolute atomic E-state index is 5.89. The summed E-state index contributed by atoms with van der Waals surface area (Å²) in [6.07, 6.45) is 1.04. The van der Waals surface area contributed by atoms with Gasteiger partial charge in [0.15, 0.2) is 0 Å². The minimum absolute atomic E-state index is 0.0449. The van der Waals surface area contributed by atoms with Gasteiger partial charge in [0.1, 0.15) is 5.75 Å². The Morgan fingerprint density at radius 3 is 2.72 bits per heavy atom. The molecule has 4 heteroatoms. The molecule has 0 aliphatic carbocycles. The lowest BCUT2D eigenvalue weighted by Gasteiger charge is -2.18. The molecule has 2 atom stereocenters. The Bertz CT molecular complexity index is 347. The summed E-state index contributed by atoms with van der Waals surface area (Å²) in [5.74, 6) is 1.36. The molecule has 4 nitrogen and oxygen atoms in total. The van der Waals surface area contributed by atoms with Crippen LogP contribution in [0.1, 0.15) is 18.1 Å². The highest BCUT2D eigenvalue weighted by molar-refractivity contribution is 5.28. The summed E-state index contributed by atoms with van der Waals surface area (Å²) in [7, 11) is 1.66. The fourth-order valence-electron chi connectivity index (χ4n) is 2.09. The van der Waals surface area contributed by atoms with Gasteiger partial charge in [-0.3, -0.25) is 0 Å². The summed E-state index contributed by atoms with van der Waals surface area (Å²) >= 11 is 0. The van der Waals surface area contributed by atoms with Crippen LogP contribution in [0.5, 0.6) is 5.75 Å². The molecule has 1 saturated heterocycles. The highest BCUT2D eigenvalue weighted by Gasteiger charge is 2.18. The molecule has 100 valence electrons. The van der Waals surface area contributed by atoms with Crippen molar-refractivity contribution in [3.8, 4) is 5.75 Å². The SMILES string of the molecule is COc1ccc(C(CN)OCC2CCOC2)cc1. The predicted octanol–water partition coefficient (Wildman–Crippen LogP) is 1.75. The first-order chi connectivity index (χ1) is 8.83. The van der Waals surface area contributed by atoms with Crippen molar-refractivity contribution in [3.05, 3.63) is 29.8 Å². The summed E-state index contributed by atoms with van der Waals surface area (Å²) in [4.78, 5) is 0. The molecule has 0 radical (unpaired) electrons. The van der Waals surface area contributed by atoms with E-state index in [2.05, 4.69) is 0 Å². The van der Waals surface area contributed by atoms with Crippen LogP contribution in [0.3, 0.4) is 0 Å². The summed E-state index contributed by atoms with van der Waals surface area (Å²) in [5.41, 5.74) is 6.87. The molecule has 2 N–H and O–H groups in total. The van der Waals surface area contributed by atoms with E-state index in [0.29, 0.717) is 19.1 Å². The van der Waals surface area contributed by atoms with Crippen LogP contribution >= 0.6 is 0 Å². The number of ether oxygens (including phenoxy) is 3. The zero-order valence-electron chi connectivity index (χ0n) is 10.8. The Hall–Kier alpha value is -1.10. The van der Waals surface area contributed by atoms with Gasteiger partial charge < -0.3 is 19.9 Å². The van der Waals surface area contributed by atoms with Gasteiger partial charge >= 0.3 is 0 Å². The van der Waals surface area contributed by atoms with Gasteiger partial charge in [-0.25, -0.2) is 0 Å². The average molecular weight is 251 g/mol. The molecule has 18 heavy (non-hydrogen) atoms.